The number of aliphatic hydroxyl groups is 1. The summed E-state index contributed by atoms with van der Waals surface area (Å²) in [4.78, 5) is 2.17. The molecule has 1 aromatic carbocycles. The van der Waals surface area contributed by atoms with Crippen LogP contribution in [0.2, 0.25) is 0 Å². The Morgan fingerprint density at radius 2 is 2.11 bits per heavy atom. The first-order valence-corrected chi connectivity index (χ1v) is 6.49. The molecule has 1 rings (SSSR count). The Bertz CT molecular complexity index is 356. The van der Waals surface area contributed by atoms with E-state index in [1.807, 2.05) is 18.2 Å². The topological polar surface area (TPSA) is 58.7 Å². The van der Waals surface area contributed by atoms with Crippen molar-refractivity contribution in [2.24, 2.45) is 5.73 Å². The van der Waals surface area contributed by atoms with Crippen LogP contribution in [0.25, 0.3) is 0 Å². The molecule has 1 aromatic rings. The van der Waals surface area contributed by atoms with Gasteiger partial charge in [-0.05, 0) is 18.1 Å². The monoisotopic (exact) mass is 252 g/mol. The van der Waals surface area contributed by atoms with Crippen LogP contribution in [-0.4, -0.2) is 31.9 Å². The van der Waals surface area contributed by atoms with Crippen LogP contribution in [0.1, 0.15) is 25.3 Å². The molecular formula is C14H24N2O2. The van der Waals surface area contributed by atoms with E-state index < -0.39 is 0 Å². The van der Waals surface area contributed by atoms with Gasteiger partial charge in [-0.1, -0.05) is 19.4 Å². The number of anilines is 1. The number of nitrogens with two attached hydrogens (primary N) is 1. The maximum Gasteiger partial charge on any atom is 0.120 e. The molecule has 0 amide bonds. The van der Waals surface area contributed by atoms with E-state index in [0.29, 0.717) is 13.1 Å². The number of rotatable bonds is 8. The van der Waals surface area contributed by atoms with Gasteiger partial charge in [0.15, 0.2) is 0 Å². The van der Waals surface area contributed by atoms with E-state index >= 15 is 0 Å². The third kappa shape index (κ3) is 3.89. The van der Waals surface area contributed by atoms with Gasteiger partial charge in [0.05, 0.1) is 13.7 Å². The Kier molecular flexibility index (Phi) is 6.54. The molecule has 0 radical (unpaired) electrons. The molecule has 0 heterocycles. The van der Waals surface area contributed by atoms with Crippen molar-refractivity contribution in [2.75, 3.05) is 31.7 Å². The van der Waals surface area contributed by atoms with Gasteiger partial charge in [-0.25, -0.2) is 0 Å². The van der Waals surface area contributed by atoms with Gasteiger partial charge >= 0.3 is 0 Å². The predicted octanol–water partition coefficient (Wildman–Crippen LogP) is 1.75. The molecule has 0 aliphatic carbocycles. The van der Waals surface area contributed by atoms with Crippen LogP contribution in [0.4, 0.5) is 5.69 Å². The van der Waals surface area contributed by atoms with Crippen molar-refractivity contribution >= 4 is 5.69 Å². The van der Waals surface area contributed by atoms with E-state index in [9.17, 15) is 5.11 Å². The maximum absolute atomic E-state index is 9.18. The molecule has 0 aromatic heterocycles. The summed E-state index contributed by atoms with van der Waals surface area (Å²) in [7, 11) is 1.66. The zero-order valence-electron chi connectivity index (χ0n) is 11.4. The molecule has 0 aliphatic rings. The highest BCUT2D eigenvalue weighted by atomic mass is 16.5. The van der Waals surface area contributed by atoms with E-state index in [0.717, 1.165) is 36.4 Å². The smallest absolute Gasteiger partial charge is 0.120 e. The first-order chi connectivity index (χ1) is 8.76. The molecule has 18 heavy (non-hydrogen) atoms. The number of unbranched alkanes of at least 4 members (excludes halogenated alkanes) is 1. The molecule has 102 valence electrons. The van der Waals surface area contributed by atoms with Gasteiger partial charge in [-0.15, -0.1) is 0 Å². The number of benzene rings is 1. The summed E-state index contributed by atoms with van der Waals surface area (Å²) < 4.78 is 5.26. The van der Waals surface area contributed by atoms with E-state index in [1.165, 1.54) is 0 Å². The normalized spacial score (nSPS) is 10.4. The summed E-state index contributed by atoms with van der Waals surface area (Å²) in [6.07, 6.45) is 2.23. The summed E-state index contributed by atoms with van der Waals surface area (Å²) in [5.41, 5.74) is 7.93. The van der Waals surface area contributed by atoms with Crippen molar-refractivity contribution in [3.05, 3.63) is 23.8 Å². The van der Waals surface area contributed by atoms with E-state index in [1.54, 1.807) is 7.11 Å². The van der Waals surface area contributed by atoms with Gasteiger partial charge in [-0.3, -0.25) is 0 Å². The summed E-state index contributed by atoms with van der Waals surface area (Å²) in [5, 5.41) is 9.18. The van der Waals surface area contributed by atoms with Crippen LogP contribution >= 0.6 is 0 Å². The predicted molar refractivity (Wildman–Crippen MR) is 75.1 cm³/mol. The maximum atomic E-state index is 9.18. The van der Waals surface area contributed by atoms with Gasteiger partial charge in [-0.2, -0.15) is 0 Å². The second kappa shape index (κ2) is 7.95. The standard InChI is InChI=1S/C14H24N2O2/c1-3-4-7-16(8-9-17)14-10-13(18-2)6-5-12(14)11-15/h5-6,10,17H,3-4,7-9,11,15H2,1-2H3. The third-order valence-electron chi connectivity index (χ3n) is 3.00. The number of aliphatic hydroxyl groups excluding tert-OH is 1. The van der Waals surface area contributed by atoms with Crippen molar-refractivity contribution in [1.82, 2.24) is 0 Å². The van der Waals surface area contributed by atoms with Crippen LogP contribution in [0.15, 0.2) is 18.2 Å². The molecule has 0 bridgehead atoms. The fourth-order valence-corrected chi connectivity index (χ4v) is 1.96. The molecule has 0 atom stereocenters. The number of nitrogens with zero attached hydrogens (tertiary/aromatic N) is 1. The van der Waals surface area contributed by atoms with Crippen LogP contribution < -0.4 is 15.4 Å². The molecule has 3 N–H and O–H groups in total. The largest absolute Gasteiger partial charge is 0.497 e. The highest BCUT2D eigenvalue weighted by Crippen LogP contribution is 2.26. The van der Waals surface area contributed by atoms with Crippen LogP contribution in [0, 0.1) is 0 Å². The molecule has 0 unspecified atom stereocenters. The van der Waals surface area contributed by atoms with Crippen molar-refractivity contribution < 1.29 is 9.84 Å². The van der Waals surface area contributed by atoms with Gasteiger partial charge in [0, 0.05) is 31.4 Å². The third-order valence-corrected chi connectivity index (χ3v) is 3.00. The lowest BCUT2D eigenvalue weighted by molar-refractivity contribution is 0.301. The average molecular weight is 252 g/mol. The van der Waals surface area contributed by atoms with Gasteiger partial charge in [0.1, 0.15) is 5.75 Å². The van der Waals surface area contributed by atoms with E-state index in [4.69, 9.17) is 10.5 Å². The Labute approximate surface area is 109 Å². The first kappa shape index (κ1) is 14.8. The Hall–Kier alpha value is -1.26. The number of hydrogen-bond acceptors (Lipinski definition) is 4. The van der Waals surface area contributed by atoms with E-state index in [-0.39, 0.29) is 6.61 Å². The van der Waals surface area contributed by atoms with Crippen molar-refractivity contribution in [2.45, 2.75) is 26.3 Å². The summed E-state index contributed by atoms with van der Waals surface area (Å²) in [5.74, 6) is 0.821. The summed E-state index contributed by atoms with van der Waals surface area (Å²) >= 11 is 0. The van der Waals surface area contributed by atoms with E-state index in [2.05, 4.69) is 11.8 Å². The zero-order valence-corrected chi connectivity index (χ0v) is 11.4. The van der Waals surface area contributed by atoms with Crippen LogP contribution in [0.5, 0.6) is 5.75 Å². The number of ether oxygens (including phenoxy) is 1. The van der Waals surface area contributed by atoms with Gasteiger partial charge in [0.2, 0.25) is 0 Å². The molecule has 0 saturated carbocycles. The molecule has 0 fully saturated rings. The lowest BCUT2D eigenvalue weighted by atomic mass is 10.1. The molecule has 0 spiro atoms. The molecule has 0 aliphatic heterocycles. The number of hydrogen-bond donors (Lipinski definition) is 2. The van der Waals surface area contributed by atoms with Crippen molar-refractivity contribution in [3.63, 3.8) is 0 Å². The summed E-state index contributed by atoms with van der Waals surface area (Å²) in [6, 6.07) is 5.90. The highest BCUT2D eigenvalue weighted by molar-refractivity contribution is 5.57. The van der Waals surface area contributed by atoms with Gasteiger partial charge in [0.25, 0.3) is 0 Å². The fraction of sp³-hybridized carbons (Fsp3) is 0.571. The molecular weight excluding hydrogens is 228 g/mol. The number of methoxy groups -OCH3 is 1. The second-order valence-corrected chi connectivity index (χ2v) is 4.26. The van der Waals surface area contributed by atoms with Gasteiger partial charge < -0.3 is 20.5 Å². The summed E-state index contributed by atoms with van der Waals surface area (Å²) in [6.45, 7) is 4.35. The molecule has 4 nitrogen and oxygen atoms in total. The lowest BCUT2D eigenvalue weighted by Crippen LogP contribution is -2.29. The Morgan fingerprint density at radius 3 is 2.67 bits per heavy atom. The Balaban J connectivity index is 2.98. The SMILES string of the molecule is CCCCN(CCO)c1cc(OC)ccc1CN. The quantitative estimate of drug-likeness (QED) is 0.740. The van der Waals surface area contributed by atoms with Crippen molar-refractivity contribution in [1.29, 1.82) is 0 Å². The minimum Gasteiger partial charge on any atom is -0.497 e. The average Bonchev–Trinajstić information content (AvgIpc) is 2.42. The zero-order chi connectivity index (χ0) is 13.4. The van der Waals surface area contributed by atoms with Crippen molar-refractivity contribution in [3.8, 4) is 5.75 Å². The second-order valence-electron chi connectivity index (χ2n) is 4.26. The fourth-order valence-electron chi connectivity index (χ4n) is 1.96. The molecule has 0 saturated heterocycles. The van der Waals surface area contributed by atoms with Crippen LogP contribution in [-0.2, 0) is 6.54 Å². The Morgan fingerprint density at radius 1 is 1.33 bits per heavy atom. The minimum absolute atomic E-state index is 0.144. The minimum atomic E-state index is 0.144. The van der Waals surface area contributed by atoms with Crippen LogP contribution in [0.3, 0.4) is 0 Å². The molecule has 4 heteroatoms. The highest BCUT2D eigenvalue weighted by Gasteiger charge is 2.11. The first-order valence-electron chi connectivity index (χ1n) is 6.49. The lowest BCUT2D eigenvalue weighted by Gasteiger charge is -2.26.